The Labute approximate surface area is 122 Å². The van der Waals surface area contributed by atoms with Crippen molar-refractivity contribution in [2.45, 2.75) is 18.2 Å². The maximum absolute atomic E-state index is 12.4. The van der Waals surface area contributed by atoms with Crippen LogP contribution in [0.1, 0.15) is 21.6 Å². The Morgan fingerprint density at radius 1 is 1.42 bits per heavy atom. The number of aromatic nitrogens is 2. The van der Waals surface area contributed by atoms with Crippen molar-refractivity contribution in [3.05, 3.63) is 46.2 Å². The third-order valence-electron chi connectivity index (χ3n) is 3.01. The lowest BCUT2D eigenvalue weighted by Crippen LogP contribution is -2.06. The van der Waals surface area contributed by atoms with Crippen LogP contribution in [0, 0.1) is 6.92 Å². The van der Waals surface area contributed by atoms with Crippen LogP contribution in [-0.2, 0) is 13.5 Å². The number of carbonyl (C=O) groups excluding carboxylic acids is 1. The number of thioether (sulfide) groups is 1. The molecule has 0 spiro atoms. The van der Waals surface area contributed by atoms with Crippen LogP contribution in [0.2, 0.25) is 5.15 Å². The summed E-state index contributed by atoms with van der Waals surface area (Å²) in [6.45, 7) is 1.87. The SMILES string of the molecule is CSc1ccccc1C(=O)Cc1c(C)nn(C)c1Cl. The van der Waals surface area contributed by atoms with Gasteiger partial charge in [0.25, 0.3) is 0 Å². The van der Waals surface area contributed by atoms with Crippen LogP contribution < -0.4 is 0 Å². The van der Waals surface area contributed by atoms with Gasteiger partial charge in [-0.25, -0.2) is 0 Å². The van der Waals surface area contributed by atoms with Gasteiger partial charge in [-0.1, -0.05) is 29.8 Å². The standard InChI is InChI=1S/C14H15ClN2OS/c1-9-11(14(15)17(2)16-9)8-12(18)10-6-4-5-7-13(10)19-3/h4-7H,8H2,1-3H3. The zero-order valence-corrected chi connectivity index (χ0v) is 12.7. The van der Waals surface area contributed by atoms with Crippen LogP contribution >= 0.6 is 23.4 Å². The molecule has 1 heterocycles. The summed E-state index contributed by atoms with van der Waals surface area (Å²) in [5.74, 6) is 0.0722. The van der Waals surface area contributed by atoms with E-state index in [9.17, 15) is 4.79 Å². The number of Topliss-reactive ketones (excluding diaryl/α,β-unsaturated/α-hetero) is 1. The van der Waals surface area contributed by atoms with E-state index in [-0.39, 0.29) is 12.2 Å². The van der Waals surface area contributed by atoms with Gasteiger partial charge in [0.05, 0.1) is 5.69 Å². The summed E-state index contributed by atoms with van der Waals surface area (Å²) in [6, 6.07) is 7.62. The van der Waals surface area contributed by atoms with Crippen LogP contribution in [0.15, 0.2) is 29.2 Å². The van der Waals surface area contributed by atoms with E-state index in [2.05, 4.69) is 5.10 Å². The molecule has 100 valence electrons. The second kappa shape index (κ2) is 5.80. The van der Waals surface area contributed by atoms with Crippen molar-refractivity contribution >= 4 is 29.1 Å². The number of halogens is 1. The van der Waals surface area contributed by atoms with E-state index in [4.69, 9.17) is 11.6 Å². The average Bonchev–Trinajstić information content (AvgIpc) is 2.65. The minimum absolute atomic E-state index is 0.0722. The first-order valence-electron chi connectivity index (χ1n) is 5.88. The van der Waals surface area contributed by atoms with Crippen molar-refractivity contribution in [2.75, 3.05) is 6.26 Å². The summed E-state index contributed by atoms with van der Waals surface area (Å²) in [7, 11) is 1.78. The van der Waals surface area contributed by atoms with Gasteiger partial charge >= 0.3 is 0 Å². The molecule has 1 aromatic heterocycles. The number of nitrogens with zero attached hydrogens (tertiary/aromatic N) is 2. The smallest absolute Gasteiger partial charge is 0.168 e. The van der Waals surface area contributed by atoms with Gasteiger partial charge in [0.15, 0.2) is 5.78 Å². The molecule has 3 nitrogen and oxygen atoms in total. The fraction of sp³-hybridized carbons (Fsp3) is 0.286. The zero-order valence-electron chi connectivity index (χ0n) is 11.1. The van der Waals surface area contributed by atoms with Gasteiger partial charge in [0.2, 0.25) is 0 Å². The summed E-state index contributed by atoms with van der Waals surface area (Å²) in [4.78, 5) is 13.4. The number of aryl methyl sites for hydroxylation is 2. The fourth-order valence-electron chi connectivity index (χ4n) is 2.01. The molecular formula is C14H15ClN2OS. The Kier molecular flexibility index (Phi) is 4.32. The first-order valence-corrected chi connectivity index (χ1v) is 7.49. The number of carbonyl (C=O) groups is 1. The lowest BCUT2D eigenvalue weighted by atomic mass is 10.0. The number of hydrogen-bond donors (Lipinski definition) is 0. The van der Waals surface area contributed by atoms with Crippen LogP contribution in [-0.4, -0.2) is 21.8 Å². The van der Waals surface area contributed by atoms with Crippen molar-refractivity contribution in [3.63, 3.8) is 0 Å². The Bertz CT molecular complexity index is 622. The Balaban J connectivity index is 2.31. The monoisotopic (exact) mass is 294 g/mol. The highest BCUT2D eigenvalue weighted by Crippen LogP contribution is 2.24. The van der Waals surface area contributed by atoms with Crippen molar-refractivity contribution in [2.24, 2.45) is 7.05 Å². The predicted molar refractivity (Wildman–Crippen MR) is 79.2 cm³/mol. The van der Waals surface area contributed by atoms with Crippen molar-refractivity contribution in [1.29, 1.82) is 0 Å². The average molecular weight is 295 g/mol. The quantitative estimate of drug-likeness (QED) is 0.639. The minimum Gasteiger partial charge on any atom is -0.294 e. The maximum atomic E-state index is 12.4. The van der Waals surface area contributed by atoms with E-state index in [0.29, 0.717) is 5.15 Å². The predicted octanol–water partition coefficient (Wildman–Crippen LogP) is 3.53. The number of benzene rings is 1. The van der Waals surface area contributed by atoms with E-state index < -0.39 is 0 Å². The Morgan fingerprint density at radius 3 is 2.68 bits per heavy atom. The van der Waals surface area contributed by atoms with Crippen molar-refractivity contribution < 1.29 is 4.79 Å². The largest absolute Gasteiger partial charge is 0.294 e. The molecule has 0 N–H and O–H groups in total. The third-order valence-corrected chi connectivity index (χ3v) is 4.28. The minimum atomic E-state index is 0.0722. The van der Waals surface area contributed by atoms with Crippen LogP contribution in [0.25, 0.3) is 0 Å². The molecule has 2 aromatic rings. The lowest BCUT2D eigenvalue weighted by Gasteiger charge is -2.06. The van der Waals surface area contributed by atoms with Crippen LogP contribution in [0.4, 0.5) is 0 Å². The van der Waals surface area contributed by atoms with Gasteiger partial charge in [0, 0.05) is 29.5 Å². The molecule has 0 aliphatic rings. The summed E-state index contributed by atoms with van der Waals surface area (Å²) in [5, 5.41) is 4.76. The highest BCUT2D eigenvalue weighted by Gasteiger charge is 2.17. The van der Waals surface area contributed by atoms with Gasteiger partial charge < -0.3 is 0 Å². The van der Waals surface area contributed by atoms with Gasteiger partial charge in [-0.05, 0) is 19.2 Å². The topological polar surface area (TPSA) is 34.9 Å². The van der Waals surface area contributed by atoms with E-state index in [0.717, 1.165) is 21.7 Å². The summed E-state index contributed by atoms with van der Waals surface area (Å²) >= 11 is 7.74. The molecule has 0 aliphatic heterocycles. The molecule has 5 heteroatoms. The van der Waals surface area contributed by atoms with Gasteiger partial charge in [0.1, 0.15) is 5.15 Å². The number of hydrogen-bond acceptors (Lipinski definition) is 3. The molecule has 0 saturated carbocycles. The summed E-state index contributed by atoms with van der Waals surface area (Å²) < 4.78 is 1.60. The van der Waals surface area contributed by atoms with E-state index >= 15 is 0 Å². The highest BCUT2D eigenvalue weighted by atomic mass is 35.5. The van der Waals surface area contributed by atoms with Crippen LogP contribution in [0.5, 0.6) is 0 Å². The molecule has 2 rings (SSSR count). The molecule has 1 aromatic carbocycles. The van der Waals surface area contributed by atoms with Gasteiger partial charge in [-0.2, -0.15) is 5.10 Å². The maximum Gasteiger partial charge on any atom is 0.168 e. The van der Waals surface area contributed by atoms with Crippen molar-refractivity contribution in [1.82, 2.24) is 9.78 Å². The molecule has 0 amide bonds. The van der Waals surface area contributed by atoms with Gasteiger partial charge in [-0.3, -0.25) is 9.48 Å². The van der Waals surface area contributed by atoms with E-state index in [1.165, 1.54) is 0 Å². The number of rotatable bonds is 4. The molecule has 0 aliphatic carbocycles. The van der Waals surface area contributed by atoms with E-state index in [1.54, 1.807) is 23.5 Å². The fourth-order valence-corrected chi connectivity index (χ4v) is 2.86. The summed E-state index contributed by atoms with van der Waals surface area (Å²) in [5.41, 5.74) is 2.36. The second-order valence-corrected chi connectivity index (χ2v) is 5.48. The van der Waals surface area contributed by atoms with Gasteiger partial charge in [-0.15, -0.1) is 11.8 Å². The molecule has 0 fully saturated rings. The van der Waals surface area contributed by atoms with Crippen molar-refractivity contribution in [3.8, 4) is 0 Å². The first kappa shape index (κ1) is 14.2. The molecule has 0 unspecified atom stereocenters. The third kappa shape index (κ3) is 2.85. The van der Waals surface area contributed by atoms with E-state index in [1.807, 2.05) is 37.4 Å². The normalized spacial score (nSPS) is 10.7. The molecule has 0 radical (unpaired) electrons. The lowest BCUT2D eigenvalue weighted by molar-refractivity contribution is 0.0990. The number of ketones is 1. The van der Waals surface area contributed by atoms with Crippen LogP contribution in [0.3, 0.4) is 0 Å². The Morgan fingerprint density at radius 2 is 2.11 bits per heavy atom. The molecule has 0 bridgehead atoms. The second-order valence-electron chi connectivity index (χ2n) is 4.28. The molecule has 19 heavy (non-hydrogen) atoms. The molecular weight excluding hydrogens is 280 g/mol. The molecule has 0 atom stereocenters. The zero-order chi connectivity index (χ0) is 14.0. The molecule has 0 saturated heterocycles. The summed E-state index contributed by atoms with van der Waals surface area (Å²) in [6.07, 6.45) is 2.25. The first-order chi connectivity index (χ1) is 9.04. The Hall–Kier alpha value is -1.26. The highest BCUT2D eigenvalue weighted by molar-refractivity contribution is 7.98.